The van der Waals surface area contributed by atoms with Crippen molar-refractivity contribution in [2.75, 3.05) is 12.4 Å². The molecule has 1 heterocycles. The molecule has 0 bridgehead atoms. The summed E-state index contributed by atoms with van der Waals surface area (Å²) < 4.78 is 0. The fourth-order valence-electron chi connectivity index (χ4n) is 0.511. The summed E-state index contributed by atoms with van der Waals surface area (Å²) >= 11 is 0. The second kappa shape index (κ2) is 7.47. The molecule has 0 atom stereocenters. The van der Waals surface area contributed by atoms with Gasteiger partial charge in [0.25, 0.3) is 0 Å². The fourth-order valence-corrected chi connectivity index (χ4v) is 0.511. The summed E-state index contributed by atoms with van der Waals surface area (Å²) in [6.07, 6.45) is 3.59. The van der Waals surface area contributed by atoms with Crippen molar-refractivity contribution >= 4 is 12.1 Å². The number of hydrogen-bond donors (Lipinski definition) is 1. The number of aromatic nitrogens is 1. The minimum absolute atomic E-state index is 0.639. The summed E-state index contributed by atoms with van der Waals surface area (Å²) in [5.41, 5.74) is 0. The van der Waals surface area contributed by atoms with E-state index in [1.165, 1.54) is 6.08 Å². The van der Waals surface area contributed by atoms with E-state index in [1.54, 1.807) is 6.20 Å². The van der Waals surface area contributed by atoms with Gasteiger partial charge in [-0.05, 0) is 18.2 Å². The zero-order valence-corrected chi connectivity index (χ0v) is 7.03. The fraction of sp³-hybridized carbons (Fsp3) is 0.111. The number of pyridine rings is 1. The van der Waals surface area contributed by atoms with Crippen LogP contribution >= 0.6 is 0 Å². The topological polar surface area (TPSA) is 42.0 Å². The molecular weight excluding hydrogens is 152 g/mol. The molecule has 64 valence electrons. The van der Waals surface area contributed by atoms with Crippen molar-refractivity contribution in [1.29, 1.82) is 0 Å². The predicted molar refractivity (Wildman–Crippen MR) is 50.0 cm³/mol. The summed E-state index contributed by atoms with van der Waals surface area (Å²) in [6.45, 7) is 3.11. The van der Waals surface area contributed by atoms with E-state index in [4.69, 9.17) is 4.79 Å². The van der Waals surface area contributed by atoms with Crippen LogP contribution in [-0.2, 0) is 4.79 Å². The van der Waals surface area contributed by atoms with E-state index in [0.717, 1.165) is 5.82 Å². The number of hydrogen-bond acceptors (Lipinski definition) is 3. The van der Waals surface area contributed by atoms with Crippen LogP contribution in [0.1, 0.15) is 0 Å². The standard InChI is InChI=1S/C6H8N2.C3H4O/c1-7-6-4-2-3-5-8-6;1-2-3-4/h2-5H,1H3,(H,7,8);2-3H,1H2. The summed E-state index contributed by atoms with van der Waals surface area (Å²) in [5, 5.41) is 2.92. The second-order valence-corrected chi connectivity index (χ2v) is 1.84. The Morgan fingerprint density at radius 3 is 2.50 bits per heavy atom. The molecule has 0 saturated carbocycles. The van der Waals surface area contributed by atoms with Crippen molar-refractivity contribution in [2.45, 2.75) is 0 Å². The summed E-state index contributed by atoms with van der Waals surface area (Å²) in [7, 11) is 1.85. The molecule has 0 unspecified atom stereocenters. The van der Waals surface area contributed by atoms with E-state index in [9.17, 15) is 0 Å². The summed E-state index contributed by atoms with van der Waals surface area (Å²) in [6, 6.07) is 5.75. The van der Waals surface area contributed by atoms with Gasteiger partial charge in [0.05, 0.1) is 0 Å². The van der Waals surface area contributed by atoms with Crippen molar-refractivity contribution in [2.24, 2.45) is 0 Å². The average molecular weight is 164 g/mol. The van der Waals surface area contributed by atoms with Gasteiger partial charge in [0, 0.05) is 13.2 Å². The molecule has 0 aliphatic carbocycles. The van der Waals surface area contributed by atoms with Crippen LogP contribution in [0.2, 0.25) is 0 Å². The van der Waals surface area contributed by atoms with Crippen molar-refractivity contribution < 1.29 is 4.79 Å². The Hall–Kier alpha value is -1.64. The smallest absolute Gasteiger partial charge is 0.142 e. The number of rotatable bonds is 2. The summed E-state index contributed by atoms with van der Waals surface area (Å²) in [4.78, 5) is 13.0. The van der Waals surface area contributed by atoms with Gasteiger partial charge in [-0.15, -0.1) is 0 Å². The van der Waals surface area contributed by atoms with Crippen LogP contribution in [0, 0.1) is 0 Å². The van der Waals surface area contributed by atoms with Gasteiger partial charge in [0.15, 0.2) is 0 Å². The third-order valence-electron chi connectivity index (χ3n) is 1.02. The number of allylic oxidation sites excluding steroid dienone is 1. The highest BCUT2D eigenvalue weighted by atomic mass is 16.1. The Labute approximate surface area is 72.1 Å². The van der Waals surface area contributed by atoms with E-state index in [2.05, 4.69) is 16.9 Å². The second-order valence-electron chi connectivity index (χ2n) is 1.84. The minimum atomic E-state index is 0.639. The van der Waals surface area contributed by atoms with Crippen molar-refractivity contribution in [3.8, 4) is 0 Å². The van der Waals surface area contributed by atoms with Gasteiger partial charge in [-0.25, -0.2) is 4.98 Å². The molecule has 3 heteroatoms. The first kappa shape index (κ1) is 10.4. The molecule has 1 aromatic heterocycles. The third-order valence-corrected chi connectivity index (χ3v) is 1.02. The number of nitrogens with zero attached hydrogens (tertiary/aromatic N) is 1. The molecule has 0 aliphatic heterocycles. The lowest BCUT2D eigenvalue weighted by molar-refractivity contribution is -0.104. The van der Waals surface area contributed by atoms with E-state index < -0.39 is 0 Å². The maximum atomic E-state index is 9.06. The lowest BCUT2D eigenvalue weighted by Gasteiger charge is -1.92. The molecule has 0 radical (unpaired) electrons. The molecule has 0 amide bonds. The predicted octanol–water partition coefficient (Wildman–Crippen LogP) is 1.49. The Balaban J connectivity index is 0.000000261. The molecule has 0 aliphatic rings. The molecule has 0 spiro atoms. The van der Waals surface area contributed by atoms with E-state index >= 15 is 0 Å². The van der Waals surface area contributed by atoms with Crippen LogP contribution in [0.4, 0.5) is 5.82 Å². The van der Waals surface area contributed by atoms with Crippen LogP contribution in [0.5, 0.6) is 0 Å². The van der Waals surface area contributed by atoms with Gasteiger partial charge in [-0.1, -0.05) is 12.6 Å². The first-order valence-electron chi connectivity index (χ1n) is 3.50. The maximum Gasteiger partial charge on any atom is 0.142 e. The van der Waals surface area contributed by atoms with Gasteiger partial charge < -0.3 is 5.32 Å². The van der Waals surface area contributed by atoms with Crippen LogP contribution in [0.15, 0.2) is 37.1 Å². The average Bonchev–Trinajstić information content (AvgIpc) is 2.19. The van der Waals surface area contributed by atoms with Gasteiger partial charge in [-0.2, -0.15) is 0 Å². The zero-order valence-electron chi connectivity index (χ0n) is 7.03. The molecule has 1 rings (SSSR count). The highest BCUT2D eigenvalue weighted by molar-refractivity contribution is 5.63. The van der Waals surface area contributed by atoms with Gasteiger partial charge in [0.2, 0.25) is 0 Å². The number of carbonyl (C=O) groups is 1. The van der Waals surface area contributed by atoms with Crippen LogP contribution in [0.25, 0.3) is 0 Å². The third kappa shape index (κ3) is 5.17. The highest BCUT2D eigenvalue weighted by Gasteiger charge is 1.79. The van der Waals surface area contributed by atoms with Gasteiger partial charge in [-0.3, -0.25) is 4.79 Å². The number of aldehydes is 1. The molecule has 0 saturated heterocycles. The van der Waals surface area contributed by atoms with Gasteiger partial charge in [0.1, 0.15) is 12.1 Å². The van der Waals surface area contributed by atoms with E-state index in [1.807, 2.05) is 25.2 Å². The molecule has 12 heavy (non-hydrogen) atoms. The first-order valence-corrected chi connectivity index (χ1v) is 3.50. The number of carbonyl (C=O) groups excluding carboxylic acids is 1. The van der Waals surface area contributed by atoms with E-state index in [0.29, 0.717) is 6.29 Å². The van der Waals surface area contributed by atoms with Crippen LogP contribution in [0.3, 0.4) is 0 Å². The van der Waals surface area contributed by atoms with Crippen molar-refractivity contribution in [3.63, 3.8) is 0 Å². The lowest BCUT2D eigenvalue weighted by Crippen LogP contribution is -1.88. The summed E-state index contributed by atoms with van der Waals surface area (Å²) in [5.74, 6) is 0.910. The monoisotopic (exact) mass is 164 g/mol. The van der Waals surface area contributed by atoms with Crippen molar-refractivity contribution in [1.82, 2.24) is 4.98 Å². The SMILES string of the molecule is C=CC=O.CNc1ccccn1. The Kier molecular flexibility index (Phi) is 6.45. The normalized spacial score (nSPS) is 7.42. The quantitative estimate of drug-likeness (QED) is 0.532. The maximum absolute atomic E-state index is 9.06. The molecule has 0 fully saturated rings. The number of anilines is 1. The minimum Gasteiger partial charge on any atom is -0.373 e. The van der Waals surface area contributed by atoms with Crippen LogP contribution < -0.4 is 5.32 Å². The van der Waals surface area contributed by atoms with Crippen LogP contribution in [-0.4, -0.2) is 18.3 Å². The van der Waals surface area contributed by atoms with Gasteiger partial charge >= 0.3 is 0 Å². The molecule has 0 aromatic carbocycles. The Morgan fingerprint density at radius 1 is 1.58 bits per heavy atom. The van der Waals surface area contributed by atoms with Crippen molar-refractivity contribution in [3.05, 3.63) is 37.1 Å². The molecule has 3 nitrogen and oxygen atoms in total. The lowest BCUT2D eigenvalue weighted by atomic mass is 10.5. The number of nitrogens with one attached hydrogen (secondary N) is 1. The largest absolute Gasteiger partial charge is 0.373 e. The molecular formula is C9H12N2O. The van der Waals surface area contributed by atoms with E-state index in [-0.39, 0.29) is 0 Å². The molecule has 1 N–H and O–H groups in total. The Morgan fingerprint density at radius 2 is 2.25 bits per heavy atom. The highest BCUT2D eigenvalue weighted by Crippen LogP contribution is 1.95. The Bertz CT molecular complexity index is 215. The molecule has 1 aromatic rings. The zero-order chi connectivity index (χ0) is 9.23. The first-order chi connectivity index (χ1) is 5.85.